The monoisotopic (exact) mass is 526 g/mol. The molecule has 1 unspecified atom stereocenters. The second-order valence-electron chi connectivity index (χ2n) is 7.81. The Morgan fingerprint density at radius 2 is 1.69 bits per heavy atom. The smallest absolute Gasteiger partial charge is 0.246 e. The number of amides is 1. The Hall–Kier alpha value is -2.84. The highest BCUT2D eigenvalue weighted by Gasteiger charge is 2.23. The summed E-state index contributed by atoms with van der Waals surface area (Å²) in [6, 6.07) is 24.6. The predicted octanol–water partition coefficient (Wildman–Crippen LogP) is 6.26. The van der Waals surface area contributed by atoms with E-state index in [2.05, 4.69) is 27.6 Å². The van der Waals surface area contributed by atoms with Crippen molar-refractivity contribution in [3.63, 3.8) is 0 Å². The molecule has 6 nitrogen and oxygen atoms in total. The van der Waals surface area contributed by atoms with E-state index in [1.807, 2.05) is 60.0 Å². The van der Waals surface area contributed by atoms with E-state index in [0.717, 1.165) is 11.1 Å². The van der Waals surface area contributed by atoms with Gasteiger partial charge in [0.15, 0.2) is 11.0 Å². The average molecular weight is 527 g/mol. The van der Waals surface area contributed by atoms with Gasteiger partial charge in [-0.05, 0) is 36.2 Å². The van der Waals surface area contributed by atoms with Crippen LogP contribution in [0.5, 0.6) is 0 Å². The van der Waals surface area contributed by atoms with Crippen molar-refractivity contribution < 1.29 is 9.53 Å². The number of carbonyl (C=O) groups is 1. The highest BCUT2D eigenvalue weighted by atomic mass is 35.5. The van der Waals surface area contributed by atoms with E-state index in [0.29, 0.717) is 39.1 Å². The van der Waals surface area contributed by atoms with Gasteiger partial charge in [0.25, 0.3) is 0 Å². The second-order valence-corrected chi connectivity index (χ2v) is 9.60. The van der Waals surface area contributed by atoms with E-state index in [1.165, 1.54) is 11.8 Å². The van der Waals surface area contributed by atoms with Gasteiger partial charge in [0.05, 0.1) is 23.4 Å². The lowest BCUT2D eigenvalue weighted by atomic mass is 10.2. The van der Waals surface area contributed by atoms with Crippen LogP contribution in [-0.4, -0.2) is 27.3 Å². The third-order valence-corrected chi connectivity index (χ3v) is 6.68. The van der Waals surface area contributed by atoms with E-state index in [-0.39, 0.29) is 12.5 Å². The Morgan fingerprint density at radius 1 is 1.00 bits per heavy atom. The van der Waals surface area contributed by atoms with E-state index in [4.69, 9.17) is 27.9 Å². The number of rotatable bonds is 10. The Bertz CT molecular complexity index is 1270. The number of ether oxygens (including phenoxy) is 1. The number of nitrogens with one attached hydrogen (secondary N) is 1. The van der Waals surface area contributed by atoms with Crippen LogP contribution < -0.4 is 5.32 Å². The van der Waals surface area contributed by atoms with Crippen molar-refractivity contribution >= 4 is 40.9 Å². The van der Waals surface area contributed by atoms with Gasteiger partial charge in [-0.25, -0.2) is 0 Å². The molecule has 4 rings (SSSR count). The topological polar surface area (TPSA) is 69.0 Å². The Morgan fingerprint density at radius 3 is 2.40 bits per heavy atom. The van der Waals surface area contributed by atoms with Crippen LogP contribution in [0.2, 0.25) is 10.0 Å². The van der Waals surface area contributed by atoms with Crippen molar-refractivity contribution in [2.45, 2.75) is 30.5 Å². The number of benzene rings is 3. The van der Waals surface area contributed by atoms with E-state index < -0.39 is 6.04 Å². The van der Waals surface area contributed by atoms with E-state index in [9.17, 15) is 4.79 Å². The van der Waals surface area contributed by atoms with Gasteiger partial charge in [-0.2, -0.15) is 0 Å². The summed E-state index contributed by atoms with van der Waals surface area (Å²) in [7, 11) is 0. The molecule has 1 atom stereocenters. The number of nitrogens with zero attached hydrogens (tertiary/aromatic N) is 3. The summed E-state index contributed by atoms with van der Waals surface area (Å²) in [6.45, 7) is 2.14. The molecule has 0 aliphatic rings. The first-order valence-electron chi connectivity index (χ1n) is 11.0. The lowest BCUT2D eigenvalue weighted by Crippen LogP contribution is -2.31. The molecule has 4 aromatic rings. The molecule has 0 radical (unpaired) electrons. The fraction of sp³-hybridized carbons (Fsp3) is 0.192. The molecule has 9 heteroatoms. The van der Waals surface area contributed by atoms with Gasteiger partial charge in [-0.15, -0.1) is 10.2 Å². The Balaban J connectivity index is 1.51. The first kappa shape index (κ1) is 25.3. The number of thioether (sulfide) groups is 1. The Kier molecular flexibility index (Phi) is 8.82. The molecular formula is C26H24Cl2N4O2S. The average Bonchev–Trinajstić information content (AvgIpc) is 3.29. The number of carbonyl (C=O) groups excluding carboxylic acids is 1. The van der Waals surface area contributed by atoms with Crippen molar-refractivity contribution in [2.24, 2.45) is 0 Å². The minimum Gasteiger partial charge on any atom is -0.367 e. The van der Waals surface area contributed by atoms with Crippen molar-refractivity contribution in [1.82, 2.24) is 20.1 Å². The molecule has 1 N–H and O–H groups in total. The predicted molar refractivity (Wildman–Crippen MR) is 140 cm³/mol. The molecule has 180 valence electrons. The van der Waals surface area contributed by atoms with Gasteiger partial charge in [-0.3, -0.25) is 9.36 Å². The standard InChI is InChI=1S/C26H24Cl2N4O2S/c1-18(29-24(33)16-34-15-19-8-4-2-5-9-19)25-30-31-26(35-17-20-10-6-3-7-11-20)32(25)23-14-21(27)12-13-22(23)28/h2-14,18H,15-17H2,1H3,(H,29,33). The van der Waals surface area contributed by atoms with E-state index >= 15 is 0 Å². The molecule has 0 aliphatic heterocycles. The van der Waals surface area contributed by atoms with Crippen LogP contribution in [0.4, 0.5) is 0 Å². The first-order valence-corrected chi connectivity index (χ1v) is 12.7. The Labute approximate surface area is 218 Å². The SMILES string of the molecule is CC(NC(=O)COCc1ccccc1)c1nnc(SCc2ccccc2)n1-c1cc(Cl)ccc1Cl. The van der Waals surface area contributed by atoms with Gasteiger partial charge in [0.2, 0.25) is 5.91 Å². The third-order valence-electron chi connectivity index (χ3n) is 5.13. The quantitative estimate of drug-likeness (QED) is 0.247. The van der Waals surface area contributed by atoms with Gasteiger partial charge in [-0.1, -0.05) is 95.6 Å². The van der Waals surface area contributed by atoms with Crippen LogP contribution in [-0.2, 0) is 21.9 Å². The van der Waals surface area contributed by atoms with Crippen molar-refractivity contribution in [3.05, 3.63) is 106 Å². The second kappa shape index (κ2) is 12.2. The zero-order valence-corrected chi connectivity index (χ0v) is 21.4. The zero-order valence-electron chi connectivity index (χ0n) is 19.0. The number of hydrogen-bond donors (Lipinski definition) is 1. The summed E-state index contributed by atoms with van der Waals surface area (Å²) in [4.78, 5) is 12.6. The molecule has 0 saturated heterocycles. The highest BCUT2D eigenvalue weighted by Crippen LogP contribution is 2.32. The lowest BCUT2D eigenvalue weighted by molar-refractivity contribution is -0.126. The van der Waals surface area contributed by atoms with Gasteiger partial charge in [0.1, 0.15) is 6.61 Å². The molecule has 0 saturated carbocycles. The lowest BCUT2D eigenvalue weighted by Gasteiger charge is -2.17. The summed E-state index contributed by atoms with van der Waals surface area (Å²) in [5, 5.41) is 13.4. The molecule has 0 fully saturated rings. The minimum atomic E-state index is -0.448. The van der Waals surface area contributed by atoms with Crippen molar-refractivity contribution in [2.75, 3.05) is 6.61 Å². The summed E-state index contributed by atoms with van der Waals surface area (Å²) < 4.78 is 7.41. The fourth-order valence-electron chi connectivity index (χ4n) is 3.44. The van der Waals surface area contributed by atoms with Crippen LogP contribution in [0, 0.1) is 0 Å². The van der Waals surface area contributed by atoms with E-state index in [1.54, 1.807) is 18.2 Å². The number of halogens is 2. The van der Waals surface area contributed by atoms with Crippen molar-refractivity contribution in [1.29, 1.82) is 0 Å². The first-order chi connectivity index (χ1) is 17.0. The summed E-state index contributed by atoms with van der Waals surface area (Å²) in [6.07, 6.45) is 0. The maximum Gasteiger partial charge on any atom is 0.246 e. The number of aromatic nitrogens is 3. The maximum absolute atomic E-state index is 12.6. The van der Waals surface area contributed by atoms with Crippen LogP contribution in [0.15, 0.2) is 84.0 Å². The molecule has 1 aromatic heterocycles. The van der Waals surface area contributed by atoms with Gasteiger partial charge in [0, 0.05) is 10.8 Å². The highest BCUT2D eigenvalue weighted by molar-refractivity contribution is 7.98. The van der Waals surface area contributed by atoms with Crippen LogP contribution >= 0.6 is 35.0 Å². The normalized spacial score (nSPS) is 11.9. The minimum absolute atomic E-state index is 0.0685. The summed E-state index contributed by atoms with van der Waals surface area (Å²) >= 11 is 14.3. The molecule has 1 heterocycles. The molecule has 0 spiro atoms. The molecule has 3 aromatic carbocycles. The molecule has 35 heavy (non-hydrogen) atoms. The van der Waals surface area contributed by atoms with Gasteiger partial charge < -0.3 is 10.1 Å². The molecular weight excluding hydrogens is 503 g/mol. The summed E-state index contributed by atoms with van der Waals surface area (Å²) in [5.74, 6) is 0.991. The van der Waals surface area contributed by atoms with Crippen LogP contribution in [0.25, 0.3) is 5.69 Å². The summed E-state index contributed by atoms with van der Waals surface area (Å²) in [5.41, 5.74) is 2.81. The molecule has 1 amide bonds. The maximum atomic E-state index is 12.6. The zero-order chi connectivity index (χ0) is 24.6. The molecule has 0 bridgehead atoms. The third kappa shape index (κ3) is 6.86. The molecule has 0 aliphatic carbocycles. The largest absolute Gasteiger partial charge is 0.367 e. The van der Waals surface area contributed by atoms with Gasteiger partial charge >= 0.3 is 0 Å². The van der Waals surface area contributed by atoms with Crippen molar-refractivity contribution in [3.8, 4) is 5.69 Å². The number of hydrogen-bond acceptors (Lipinski definition) is 5. The van der Waals surface area contributed by atoms with Crippen LogP contribution in [0.1, 0.15) is 29.9 Å². The fourth-order valence-corrected chi connectivity index (χ4v) is 4.72. The van der Waals surface area contributed by atoms with Crippen LogP contribution in [0.3, 0.4) is 0 Å².